The van der Waals surface area contributed by atoms with Gasteiger partial charge in [-0.1, -0.05) is 30.3 Å². The molecular weight excluding hydrogens is 254 g/mol. The molecule has 0 aliphatic heterocycles. The maximum Gasteiger partial charge on any atom is 0.173 e. The van der Waals surface area contributed by atoms with E-state index >= 15 is 0 Å². The van der Waals surface area contributed by atoms with Crippen molar-refractivity contribution in [1.29, 1.82) is 5.26 Å². The number of nitrogens with zero attached hydrogens (tertiary/aromatic N) is 1. The average Bonchev–Trinajstić information content (AvgIpc) is 2.51. The normalized spacial score (nSPS) is 12.1. The van der Waals surface area contributed by atoms with Gasteiger partial charge in [0.05, 0.1) is 19.8 Å². The van der Waals surface area contributed by atoms with Gasteiger partial charge in [0.15, 0.2) is 6.10 Å². The van der Waals surface area contributed by atoms with E-state index in [1.54, 1.807) is 7.11 Å². The molecule has 2 aromatic rings. The number of rotatable bonds is 6. The molecule has 0 bridgehead atoms. The van der Waals surface area contributed by atoms with E-state index in [1.165, 1.54) is 0 Å². The van der Waals surface area contributed by atoms with Gasteiger partial charge in [0.2, 0.25) is 0 Å². The molecule has 0 amide bonds. The molecule has 4 heteroatoms. The summed E-state index contributed by atoms with van der Waals surface area (Å²) < 4.78 is 10.9. The zero-order chi connectivity index (χ0) is 14.4. The van der Waals surface area contributed by atoms with Crippen molar-refractivity contribution in [1.82, 2.24) is 0 Å². The van der Waals surface area contributed by atoms with Gasteiger partial charge < -0.3 is 14.6 Å². The summed E-state index contributed by atoms with van der Waals surface area (Å²) in [6.07, 6.45) is -0.201. The lowest BCUT2D eigenvalue weighted by Gasteiger charge is -2.17. The van der Waals surface area contributed by atoms with Crippen LogP contribution in [0.15, 0.2) is 36.4 Å². The van der Waals surface area contributed by atoms with Crippen molar-refractivity contribution in [3.8, 4) is 11.8 Å². The third-order valence-corrected chi connectivity index (χ3v) is 3.12. The highest BCUT2D eigenvalue weighted by atomic mass is 16.5. The van der Waals surface area contributed by atoms with Crippen molar-refractivity contribution in [2.24, 2.45) is 0 Å². The summed E-state index contributed by atoms with van der Waals surface area (Å²) in [4.78, 5) is 0. The number of nitriles is 1. The maximum atomic E-state index is 9.37. The molecule has 0 aromatic heterocycles. The number of hydrogen-bond acceptors (Lipinski definition) is 4. The molecule has 0 radical (unpaired) electrons. The predicted molar refractivity (Wildman–Crippen MR) is 76.5 cm³/mol. The second-order valence-electron chi connectivity index (χ2n) is 4.36. The Labute approximate surface area is 118 Å². The lowest BCUT2D eigenvalue weighted by molar-refractivity contribution is 0.0767. The molecule has 0 spiro atoms. The molecule has 1 N–H and O–H groups in total. The van der Waals surface area contributed by atoms with E-state index in [2.05, 4.69) is 6.07 Å². The van der Waals surface area contributed by atoms with Crippen LogP contribution in [0.5, 0.6) is 5.75 Å². The second kappa shape index (κ2) is 6.90. The fourth-order valence-corrected chi connectivity index (χ4v) is 2.17. The van der Waals surface area contributed by atoms with E-state index in [9.17, 15) is 5.26 Å². The summed E-state index contributed by atoms with van der Waals surface area (Å²) in [5.74, 6) is 0.638. The highest BCUT2D eigenvalue weighted by Crippen LogP contribution is 2.34. The molecule has 0 saturated carbocycles. The van der Waals surface area contributed by atoms with Gasteiger partial charge >= 0.3 is 0 Å². The first kappa shape index (κ1) is 14.3. The van der Waals surface area contributed by atoms with E-state index in [1.807, 2.05) is 36.4 Å². The number of aliphatic hydroxyl groups excluding tert-OH is 1. The lowest BCUT2D eigenvalue weighted by Crippen LogP contribution is -2.07. The first-order chi connectivity index (χ1) is 9.81. The Balaban J connectivity index is 2.46. The molecule has 2 rings (SSSR count). The second-order valence-corrected chi connectivity index (χ2v) is 4.36. The summed E-state index contributed by atoms with van der Waals surface area (Å²) in [6.45, 7) is 0.381. The smallest absolute Gasteiger partial charge is 0.173 e. The fraction of sp³-hybridized carbons (Fsp3) is 0.312. The van der Waals surface area contributed by atoms with Crippen LogP contribution in [0.4, 0.5) is 0 Å². The topological polar surface area (TPSA) is 62.5 Å². The van der Waals surface area contributed by atoms with Crippen LogP contribution in [0.2, 0.25) is 0 Å². The molecule has 0 aliphatic rings. The third kappa shape index (κ3) is 2.90. The van der Waals surface area contributed by atoms with E-state index in [-0.39, 0.29) is 6.61 Å². The van der Waals surface area contributed by atoms with Gasteiger partial charge in [-0.15, -0.1) is 0 Å². The highest BCUT2D eigenvalue weighted by Gasteiger charge is 2.19. The number of ether oxygens (including phenoxy) is 2. The Morgan fingerprint density at radius 3 is 2.75 bits per heavy atom. The Morgan fingerprint density at radius 2 is 2.05 bits per heavy atom. The molecule has 0 aliphatic carbocycles. The predicted octanol–water partition coefficient (Wildman–Crippen LogP) is 2.81. The third-order valence-electron chi connectivity index (χ3n) is 3.12. The van der Waals surface area contributed by atoms with Crippen LogP contribution < -0.4 is 4.74 Å². The van der Waals surface area contributed by atoms with Gasteiger partial charge in [-0.2, -0.15) is 5.26 Å². The van der Waals surface area contributed by atoms with E-state index in [4.69, 9.17) is 14.6 Å². The fourth-order valence-electron chi connectivity index (χ4n) is 2.17. The molecule has 0 fully saturated rings. The van der Waals surface area contributed by atoms with Crippen LogP contribution >= 0.6 is 0 Å². The minimum absolute atomic E-state index is 0.0464. The highest BCUT2D eigenvalue weighted by molar-refractivity contribution is 5.88. The monoisotopic (exact) mass is 271 g/mol. The van der Waals surface area contributed by atoms with Crippen molar-refractivity contribution in [3.05, 3.63) is 42.0 Å². The SMILES string of the molecule is COc1ccc2ccccc2c1C(C#N)OCCCO. The van der Waals surface area contributed by atoms with Crippen LogP contribution in [0.3, 0.4) is 0 Å². The maximum absolute atomic E-state index is 9.37. The molecule has 1 atom stereocenters. The van der Waals surface area contributed by atoms with Gasteiger partial charge in [0.25, 0.3) is 0 Å². The van der Waals surface area contributed by atoms with Gasteiger partial charge in [-0.3, -0.25) is 0 Å². The Bertz CT molecular complexity index is 619. The molecule has 0 heterocycles. The summed E-state index contributed by atoms with van der Waals surface area (Å²) in [5.41, 5.74) is 0.742. The average molecular weight is 271 g/mol. The Morgan fingerprint density at radius 1 is 1.25 bits per heavy atom. The van der Waals surface area contributed by atoms with Gasteiger partial charge in [0.1, 0.15) is 5.75 Å². The van der Waals surface area contributed by atoms with Crippen LogP contribution in [0.25, 0.3) is 10.8 Å². The minimum atomic E-state index is -0.706. The Hall–Kier alpha value is -2.09. The molecule has 2 aromatic carbocycles. The van der Waals surface area contributed by atoms with Crippen LogP contribution in [0, 0.1) is 11.3 Å². The zero-order valence-electron chi connectivity index (χ0n) is 11.4. The molecule has 1 unspecified atom stereocenters. The van der Waals surface area contributed by atoms with Crippen molar-refractivity contribution < 1.29 is 14.6 Å². The molecule has 0 saturated heterocycles. The molecule has 104 valence electrons. The number of hydrogen-bond donors (Lipinski definition) is 1. The number of benzene rings is 2. The number of fused-ring (bicyclic) bond motifs is 1. The standard InChI is InChI=1S/C16H17NO3/c1-19-14-8-7-12-5-2-3-6-13(12)16(14)15(11-17)20-10-4-9-18/h2-3,5-8,15,18H,4,9-10H2,1H3. The quantitative estimate of drug-likeness (QED) is 0.821. The summed E-state index contributed by atoms with van der Waals surface area (Å²) >= 11 is 0. The number of aliphatic hydroxyl groups is 1. The van der Waals surface area contributed by atoms with Gasteiger partial charge in [0, 0.05) is 12.2 Å². The van der Waals surface area contributed by atoms with E-state index < -0.39 is 6.10 Å². The lowest BCUT2D eigenvalue weighted by atomic mass is 9.99. The van der Waals surface area contributed by atoms with Gasteiger partial charge in [-0.25, -0.2) is 0 Å². The summed E-state index contributed by atoms with van der Waals surface area (Å²) in [5, 5.41) is 20.2. The largest absolute Gasteiger partial charge is 0.496 e. The van der Waals surface area contributed by atoms with Crippen molar-refractivity contribution in [3.63, 3.8) is 0 Å². The zero-order valence-corrected chi connectivity index (χ0v) is 11.4. The van der Waals surface area contributed by atoms with Crippen molar-refractivity contribution in [2.75, 3.05) is 20.3 Å². The van der Waals surface area contributed by atoms with Crippen LogP contribution in [0.1, 0.15) is 18.1 Å². The summed E-state index contributed by atoms with van der Waals surface area (Å²) in [7, 11) is 1.58. The molecular formula is C16H17NO3. The van der Waals surface area contributed by atoms with Gasteiger partial charge in [-0.05, 0) is 23.3 Å². The van der Waals surface area contributed by atoms with E-state index in [0.29, 0.717) is 18.8 Å². The van der Waals surface area contributed by atoms with Crippen LogP contribution in [-0.2, 0) is 4.74 Å². The van der Waals surface area contributed by atoms with Crippen molar-refractivity contribution in [2.45, 2.75) is 12.5 Å². The van der Waals surface area contributed by atoms with E-state index in [0.717, 1.165) is 16.3 Å². The molecule has 4 nitrogen and oxygen atoms in total. The van der Waals surface area contributed by atoms with Crippen LogP contribution in [-0.4, -0.2) is 25.4 Å². The Kier molecular flexibility index (Phi) is 4.94. The van der Waals surface area contributed by atoms with Crippen molar-refractivity contribution >= 4 is 10.8 Å². The first-order valence-electron chi connectivity index (χ1n) is 6.49. The number of methoxy groups -OCH3 is 1. The molecule has 20 heavy (non-hydrogen) atoms. The first-order valence-corrected chi connectivity index (χ1v) is 6.49. The summed E-state index contributed by atoms with van der Waals surface area (Å²) in [6, 6.07) is 13.8. The minimum Gasteiger partial charge on any atom is -0.496 e.